The van der Waals surface area contributed by atoms with E-state index in [4.69, 9.17) is 5.73 Å². The minimum Gasteiger partial charge on any atom is -0.318 e. The van der Waals surface area contributed by atoms with Gasteiger partial charge in [-0.3, -0.25) is 4.68 Å². The predicted molar refractivity (Wildman–Crippen MR) is 60.8 cm³/mol. The summed E-state index contributed by atoms with van der Waals surface area (Å²) in [6.07, 6.45) is 1.78. The van der Waals surface area contributed by atoms with Crippen molar-refractivity contribution in [3.05, 3.63) is 34.0 Å². The smallest absolute Gasteiger partial charge is 0.0905 e. The second-order valence-electron chi connectivity index (χ2n) is 3.34. The highest BCUT2D eigenvalue weighted by atomic mass is 32.1. The molecule has 80 valence electrons. The van der Waals surface area contributed by atoms with E-state index in [1.165, 1.54) is 0 Å². The molecular weight excluding hydrogens is 208 g/mol. The lowest BCUT2D eigenvalue weighted by molar-refractivity contribution is 0.597. The van der Waals surface area contributed by atoms with Crippen LogP contribution in [0.5, 0.6) is 0 Å². The zero-order chi connectivity index (χ0) is 10.8. The van der Waals surface area contributed by atoms with Gasteiger partial charge in [0.15, 0.2) is 0 Å². The van der Waals surface area contributed by atoms with Crippen molar-refractivity contribution in [2.24, 2.45) is 5.73 Å². The molecule has 2 heterocycles. The molecule has 5 heteroatoms. The molecule has 0 bridgehead atoms. The summed E-state index contributed by atoms with van der Waals surface area (Å²) >= 11 is 1.62. The fraction of sp³-hybridized carbons (Fsp3) is 0.400. The molecular formula is C10H14N4S. The number of hydrogen-bond donors (Lipinski definition) is 1. The first-order valence-electron chi connectivity index (χ1n) is 4.91. The Morgan fingerprint density at radius 3 is 3.00 bits per heavy atom. The quantitative estimate of drug-likeness (QED) is 0.860. The molecule has 2 aromatic rings. The Bertz CT molecular complexity index is 446. The van der Waals surface area contributed by atoms with Gasteiger partial charge in [0.25, 0.3) is 0 Å². The van der Waals surface area contributed by atoms with E-state index < -0.39 is 0 Å². The van der Waals surface area contributed by atoms with Crippen molar-refractivity contribution in [2.45, 2.75) is 26.4 Å². The summed E-state index contributed by atoms with van der Waals surface area (Å²) in [5.74, 6) is 0. The average molecular weight is 222 g/mol. The summed E-state index contributed by atoms with van der Waals surface area (Å²) in [4.78, 5) is 4.39. The molecule has 0 saturated carbocycles. The maximum absolute atomic E-state index is 6.13. The summed E-state index contributed by atoms with van der Waals surface area (Å²) in [6.45, 7) is 4.87. The van der Waals surface area contributed by atoms with Crippen molar-refractivity contribution in [1.29, 1.82) is 0 Å². The van der Waals surface area contributed by atoms with Crippen LogP contribution in [0.15, 0.2) is 17.6 Å². The molecule has 0 spiro atoms. The molecule has 2 N–H and O–H groups in total. The Hall–Kier alpha value is -1.20. The molecule has 0 aliphatic carbocycles. The van der Waals surface area contributed by atoms with Crippen LogP contribution >= 0.6 is 11.3 Å². The van der Waals surface area contributed by atoms with E-state index in [2.05, 4.69) is 17.0 Å². The van der Waals surface area contributed by atoms with Crippen molar-refractivity contribution in [1.82, 2.24) is 14.8 Å². The average Bonchev–Trinajstić information content (AvgIpc) is 2.84. The van der Waals surface area contributed by atoms with Gasteiger partial charge in [-0.05, 0) is 19.9 Å². The third kappa shape index (κ3) is 1.93. The number of thiazole rings is 1. The normalized spacial score (nSPS) is 13.0. The summed E-state index contributed by atoms with van der Waals surface area (Å²) in [5, 5.41) is 7.25. The Balaban J connectivity index is 2.31. The van der Waals surface area contributed by atoms with Gasteiger partial charge in [0.1, 0.15) is 0 Å². The van der Waals surface area contributed by atoms with Crippen LogP contribution in [0.1, 0.15) is 29.4 Å². The summed E-state index contributed by atoms with van der Waals surface area (Å²) in [5.41, 5.74) is 8.07. The molecule has 0 aliphatic heterocycles. The lowest BCUT2D eigenvalue weighted by Gasteiger charge is -2.10. The van der Waals surface area contributed by atoms with Crippen LogP contribution in [-0.4, -0.2) is 14.8 Å². The summed E-state index contributed by atoms with van der Waals surface area (Å²) in [7, 11) is 0. The van der Waals surface area contributed by atoms with Crippen LogP contribution < -0.4 is 5.73 Å². The lowest BCUT2D eigenvalue weighted by atomic mass is 10.2. The zero-order valence-electron chi connectivity index (χ0n) is 8.84. The largest absolute Gasteiger partial charge is 0.318 e. The Morgan fingerprint density at radius 2 is 2.40 bits per heavy atom. The highest BCUT2D eigenvalue weighted by Gasteiger charge is 2.15. The number of rotatable bonds is 3. The zero-order valence-corrected chi connectivity index (χ0v) is 9.66. The van der Waals surface area contributed by atoms with E-state index in [9.17, 15) is 0 Å². The van der Waals surface area contributed by atoms with Crippen LogP contribution in [0.25, 0.3) is 0 Å². The maximum Gasteiger partial charge on any atom is 0.0905 e. The highest BCUT2D eigenvalue weighted by Crippen LogP contribution is 2.20. The molecule has 0 fully saturated rings. The first kappa shape index (κ1) is 10.3. The fourth-order valence-electron chi connectivity index (χ4n) is 1.55. The predicted octanol–water partition coefficient (Wildman–Crippen LogP) is 1.72. The van der Waals surface area contributed by atoms with Gasteiger partial charge in [0, 0.05) is 18.1 Å². The molecule has 0 saturated heterocycles. The molecule has 0 aliphatic rings. The third-order valence-corrected chi connectivity index (χ3v) is 3.11. The van der Waals surface area contributed by atoms with Crippen molar-refractivity contribution < 1.29 is 0 Å². The van der Waals surface area contributed by atoms with Crippen molar-refractivity contribution >= 4 is 11.3 Å². The first-order valence-corrected chi connectivity index (χ1v) is 5.79. The fourth-order valence-corrected chi connectivity index (χ4v) is 2.19. The second kappa shape index (κ2) is 4.12. The standard InChI is InChI=1S/C10H14N4S/c1-3-14-9(4-5-12-14)10(11)8-6-15-7(2)13-8/h4-6,10H,3,11H2,1-2H3. The molecule has 2 aromatic heterocycles. The molecule has 1 unspecified atom stereocenters. The van der Waals surface area contributed by atoms with Gasteiger partial charge in [-0.2, -0.15) is 5.10 Å². The van der Waals surface area contributed by atoms with Crippen LogP contribution in [0.2, 0.25) is 0 Å². The van der Waals surface area contributed by atoms with Crippen molar-refractivity contribution in [3.8, 4) is 0 Å². The first-order chi connectivity index (χ1) is 7.22. The molecule has 1 atom stereocenters. The van der Waals surface area contributed by atoms with Crippen LogP contribution in [0.3, 0.4) is 0 Å². The topological polar surface area (TPSA) is 56.7 Å². The van der Waals surface area contributed by atoms with E-state index >= 15 is 0 Å². The summed E-state index contributed by atoms with van der Waals surface area (Å²) < 4.78 is 1.90. The van der Waals surface area contributed by atoms with Gasteiger partial charge >= 0.3 is 0 Å². The van der Waals surface area contributed by atoms with E-state index in [0.717, 1.165) is 22.9 Å². The number of aryl methyl sites for hydroxylation is 2. The SMILES string of the molecule is CCn1nccc1C(N)c1csc(C)n1. The van der Waals surface area contributed by atoms with E-state index in [0.29, 0.717) is 0 Å². The second-order valence-corrected chi connectivity index (χ2v) is 4.40. The third-order valence-electron chi connectivity index (χ3n) is 2.32. The minimum atomic E-state index is -0.169. The molecule has 2 rings (SSSR count). The lowest BCUT2D eigenvalue weighted by Crippen LogP contribution is -2.17. The number of aromatic nitrogens is 3. The molecule has 4 nitrogen and oxygen atoms in total. The minimum absolute atomic E-state index is 0.169. The van der Waals surface area contributed by atoms with E-state index in [1.807, 2.05) is 23.1 Å². The van der Waals surface area contributed by atoms with Gasteiger partial charge in [-0.15, -0.1) is 11.3 Å². The number of nitrogens with zero attached hydrogens (tertiary/aromatic N) is 3. The number of hydrogen-bond acceptors (Lipinski definition) is 4. The van der Waals surface area contributed by atoms with Gasteiger partial charge in [0.05, 0.1) is 22.4 Å². The van der Waals surface area contributed by atoms with Gasteiger partial charge in [-0.1, -0.05) is 0 Å². The van der Waals surface area contributed by atoms with Crippen LogP contribution in [0.4, 0.5) is 0 Å². The molecule has 0 radical (unpaired) electrons. The Labute approximate surface area is 92.8 Å². The molecule has 15 heavy (non-hydrogen) atoms. The van der Waals surface area contributed by atoms with Crippen molar-refractivity contribution in [3.63, 3.8) is 0 Å². The highest BCUT2D eigenvalue weighted by molar-refractivity contribution is 7.09. The maximum atomic E-state index is 6.13. The Morgan fingerprint density at radius 1 is 1.60 bits per heavy atom. The van der Waals surface area contributed by atoms with Gasteiger partial charge in [-0.25, -0.2) is 4.98 Å². The Kier molecular flexibility index (Phi) is 2.83. The van der Waals surface area contributed by atoms with E-state index in [-0.39, 0.29) is 6.04 Å². The molecule has 0 amide bonds. The molecule has 0 aromatic carbocycles. The van der Waals surface area contributed by atoms with Gasteiger partial charge < -0.3 is 5.73 Å². The van der Waals surface area contributed by atoms with E-state index in [1.54, 1.807) is 17.5 Å². The van der Waals surface area contributed by atoms with Crippen molar-refractivity contribution in [2.75, 3.05) is 0 Å². The number of nitrogens with two attached hydrogens (primary N) is 1. The monoisotopic (exact) mass is 222 g/mol. The van der Waals surface area contributed by atoms with Crippen LogP contribution in [-0.2, 0) is 6.54 Å². The van der Waals surface area contributed by atoms with Gasteiger partial charge in [0.2, 0.25) is 0 Å². The summed E-state index contributed by atoms with van der Waals surface area (Å²) in [6, 6.07) is 1.78. The van der Waals surface area contributed by atoms with Crippen LogP contribution in [0, 0.1) is 6.92 Å².